The SMILES string of the molecule is CCCCCc1cc(O)c(-c2cccc(C)c2)c(O)c1C(=O)NC. The van der Waals surface area contributed by atoms with Crippen molar-refractivity contribution in [2.75, 3.05) is 7.05 Å². The Morgan fingerprint density at radius 1 is 1.17 bits per heavy atom. The van der Waals surface area contributed by atoms with Crippen LogP contribution in [0, 0.1) is 6.92 Å². The van der Waals surface area contributed by atoms with Crippen LogP contribution in [0.2, 0.25) is 0 Å². The molecule has 0 heterocycles. The zero-order valence-electron chi connectivity index (χ0n) is 14.5. The van der Waals surface area contributed by atoms with Gasteiger partial charge in [-0.3, -0.25) is 4.79 Å². The Morgan fingerprint density at radius 3 is 2.54 bits per heavy atom. The molecule has 0 bridgehead atoms. The van der Waals surface area contributed by atoms with Gasteiger partial charge in [0.15, 0.2) is 0 Å². The topological polar surface area (TPSA) is 69.6 Å². The molecule has 0 saturated carbocycles. The Kier molecular flexibility index (Phi) is 5.85. The molecule has 0 aliphatic carbocycles. The number of unbranched alkanes of at least 4 members (excludes halogenated alkanes) is 2. The number of carbonyl (C=O) groups excluding carboxylic acids is 1. The second-order valence-corrected chi connectivity index (χ2v) is 6.06. The first-order valence-corrected chi connectivity index (χ1v) is 8.36. The molecule has 0 fully saturated rings. The van der Waals surface area contributed by atoms with Crippen molar-refractivity contribution in [3.05, 3.63) is 47.0 Å². The van der Waals surface area contributed by atoms with Crippen molar-refractivity contribution in [3.8, 4) is 22.6 Å². The van der Waals surface area contributed by atoms with Gasteiger partial charge in [-0.15, -0.1) is 0 Å². The predicted octanol–water partition coefficient (Wildman–Crippen LogP) is 4.17. The Hall–Kier alpha value is -2.49. The number of hydrogen-bond acceptors (Lipinski definition) is 3. The van der Waals surface area contributed by atoms with Gasteiger partial charge in [0.2, 0.25) is 0 Å². The minimum atomic E-state index is -0.340. The Labute approximate surface area is 143 Å². The van der Waals surface area contributed by atoms with Crippen molar-refractivity contribution in [1.82, 2.24) is 5.32 Å². The molecule has 0 saturated heterocycles. The van der Waals surface area contributed by atoms with Gasteiger partial charge < -0.3 is 15.5 Å². The van der Waals surface area contributed by atoms with Crippen LogP contribution in [0.15, 0.2) is 30.3 Å². The highest BCUT2D eigenvalue weighted by molar-refractivity contribution is 6.01. The summed E-state index contributed by atoms with van der Waals surface area (Å²) in [5.74, 6) is -0.503. The lowest BCUT2D eigenvalue weighted by Gasteiger charge is -2.16. The third-order valence-electron chi connectivity index (χ3n) is 4.17. The molecule has 128 valence electrons. The van der Waals surface area contributed by atoms with E-state index < -0.39 is 0 Å². The average molecular weight is 327 g/mol. The fourth-order valence-corrected chi connectivity index (χ4v) is 2.93. The van der Waals surface area contributed by atoms with Crippen molar-refractivity contribution < 1.29 is 15.0 Å². The maximum absolute atomic E-state index is 12.3. The molecule has 0 aliphatic heterocycles. The van der Waals surface area contributed by atoms with E-state index in [4.69, 9.17) is 0 Å². The number of carbonyl (C=O) groups is 1. The lowest BCUT2D eigenvalue weighted by atomic mass is 9.92. The number of nitrogens with one attached hydrogen (secondary N) is 1. The monoisotopic (exact) mass is 327 g/mol. The van der Waals surface area contributed by atoms with E-state index in [0.717, 1.165) is 24.8 Å². The second kappa shape index (κ2) is 7.86. The van der Waals surface area contributed by atoms with Gasteiger partial charge in [0, 0.05) is 7.05 Å². The van der Waals surface area contributed by atoms with Crippen molar-refractivity contribution >= 4 is 5.91 Å². The third-order valence-corrected chi connectivity index (χ3v) is 4.17. The molecule has 0 aromatic heterocycles. The normalized spacial score (nSPS) is 10.6. The van der Waals surface area contributed by atoms with Crippen molar-refractivity contribution in [3.63, 3.8) is 0 Å². The molecule has 4 heteroatoms. The number of aromatic hydroxyl groups is 2. The first-order valence-electron chi connectivity index (χ1n) is 8.36. The van der Waals surface area contributed by atoms with Gasteiger partial charge in [0.1, 0.15) is 11.5 Å². The molecule has 0 aliphatic rings. The highest BCUT2D eigenvalue weighted by Gasteiger charge is 2.22. The maximum atomic E-state index is 12.3. The zero-order valence-corrected chi connectivity index (χ0v) is 14.5. The predicted molar refractivity (Wildman–Crippen MR) is 96.6 cm³/mol. The van der Waals surface area contributed by atoms with Gasteiger partial charge in [-0.2, -0.15) is 0 Å². The number of aryl methyl sites for hydroxylation is 2. The fraction of sp³-hybridized carbons (Fsp3) is 0.350. The van der Waals surface area contributed by atoms with Crippen LogP contribution < -0.4 is 5.32 Å². The summed E-state index contributed by atoms with van der Waals surface area (Å²) in [6.45, 7) is 4.05. The summed E-state index contributed by atoms with van der Waals surface area (Å²) >= 11 is 0. The third kappa shape index (κ3) is 3.70. The first-order chi connectivity index (χ1) is 11.5. The lowest BCUT2D eigenvalue weighted by Crippen LogP contribution is -2.20. The zero-order chi connectivity index (χ0) is 17.7. The first kappa shape index (κ1) is 17.9. The molecule has 2 rings (SSSR count). The standard InChI is InChI=1S/C20H25NO3/c1-4-5-6-9-15-12-16(22)17(14-10-7-8-13(2)11-14)19(23)18(15)20(24)21-3/h7-8,10-12,22-23H,4-6,9H2,1-3H3,(H,21,24). The molecule has 2 aromatic carbocycles. The molecule has 1 amide bonds. The fourth-order valence-electron chi connectivity index (χ4n) is 2.93. The molecule has 0 spiro atoms. The summed E-state index contributed by atoms with van der Waals surface area (Å²) < 4.78 is 0. The number of hydrogen-bond donors (Lipinski definition) is 3. The summed E-state index contributed by atoms with van der Waals surface area (Å²) in [6.07, 6.45) is 3.65. The van der Waals surface area contributed by atoms with E-state index in [-0.39, 0.29) is 23.0 Å². The Morgan fingerprint density at radius 2 is 1.92 bits per heavy atom. The quantitative estimate of drug-likeness (QED) is 0.698. The minimum absolute atomic E-state index is 0.00254. The van der Waals surface area contributed by atoms with Gasteiger partial charge in [-0.1, -0.05) is 49.6 Å². The smallest absolute Gasteiger partial charge is 0.255 e. The van der Waals surface area contributed by atoms with Gasteiger partial charge in [0.25, 0.3) is 5.91 Å². The van der Waals surface area contributed by atoms with E-state index in [9.17, 15) is 15.0 Å². The summed E-state index contributed by atoms with van der Waals surface area (Å²) in [7, 11) is 1.54. The van der Waals surface area contributed by atoms with Crippen LogP contribution in [0.25, 0.3) is 11.1 Å². The van der Waals surface area contributed by atoms with E-state index in [0.29, 0.717) is 23.1 Å². The molecule has 0 unspecified atom stereocenters. The molecular formula is C20H25NO3. The van der Waals surface area contributed by atoms with Crippen molar-refractivity contribution in [2.45, 2.75) is 39.5 Å². The van der Waals surface area contributed by atoms with E-state index >= 15 is 0 Å². The molecule has 0 atom stereocenters. The van der Waals surface area contributed by atoms with E-state index in [2.05, 4.69) is 12.2 Å². The van der Waals surface area contributed by atoms with Crippen LogP contribution in [-0.4, -0.2) is 23.2 Å². The van der Waals surface area contributed by atoms with Crippen molar-refractivity contribution in [1.29, 1.82) is 0 Å². The maximum Gasteiger partial charge on any atom is 0.255 e. The highest BCUT2D eigenvalue weighted by atomic mass is 16.3. The molecule has 4 nitrogen and oxygen atoms in total. The van der Waals surface area contributed by atoms with Gasteiger partial charge in [0.05, 0.1) is 11.1 Å². The van der Waals surface area contributed by atoms with Crippen LogP contribution in [0.4, 0.5) is 0 Å². The molecular weight excluding hydrogens is 302 g/mol. The van der Waals surface area contributed by atoms with Gasteiger partial charge >= 0.3 is 0 Å². The summed E-state index contributed by atoms with van der Waals surface area (Å²) in [5.41, 5.74) is 2.93. The van der Waals surface area contributed by atoms with E-state index in [1.807, 2.05) is 31.2 Å². The van der Waals surface area contributed by atoms with E-state index in [1.165, 1.54) is 7.05 Å². The highest BCUT2D eigenvalue weighted by Crippen LogP contribution is 2.42. The largest absolute Gasteiger partial charge is 0.507 e. The average Bonchev–Trinajstić information content (AvgIpc) is 2.54. The molecule has 24 heavy (non-hydrogen) atoms. The van der Waals surface area contributed by atoms with Crippen molar-refractivity contribution in [2.24, 2.45) is 0 Å². The number of rotatable bonds is 6. The minimum Gasteiger partial charge on any atom is -0.507 e. The Bertz CT molecular complexity index is 738. The molecule has 0 radical (unpaired) electrons. The van der Waals surface area contributed by atoms with Crippen LogP contribution in [-0.2, 0) is 6.42 Å². The summed E-state index contributed by atoms with van der Waals surface area (Å²) in [6, 6.07) is 9.09. The second-order valence-electron chi connectivity index (χ2n) is 6.06. The van der Waals surface area contributed by atoms with Gasteiger partial charge in [-0.25, -0.2) is 0 Å². The van der Waals surface area contributed by atoms with Gasteiger partial charge in [-0.05, 0) is 37.0 Å². The Balaban J connectivity index is 2.60. The number of benzene rings is 2. The van der Waals surface area contributed by atoms with Crippen LogP contribution >= 0.6 is 0 Å². The summed E-state index contributed by atoms with van der Waals surface area (Å²) in [4.78, 5) is 12.3. The summed E-state index contributed by atoms with van der Waals surface area (Å²) in [5, 5.41) is 23.8. The lowest BCUT2D eigenvalue weighted by molar-refractivity contribution is 0.0959. The van der Waals surface area contributed by atoms with Crippen LogP contribution in [0.3, 0.4) is 0 Å². The van der Waals surface area contributed by atoms with Crippen LogP contribution in [0.1, 0.15) is 47.7 Å². The number of phenolic OH excluding ortho intramolecular Hbond substituents is 2. The van der Waals surface area contributed by atoms with E-state index in [1.54, 1.807) is 6.07 Å². The molecule has 3 N–H and O–H groups in total. The van der Waals surface area contributed by atoms with Crippen LogP contribution in [0.5, 0.6) is 11.5 Å². The number of amides is 1. The number of phenols is 2. The molecule has 2 aromatic rings.